The number of hydrogen-bond acceptors (Lipinski definition) is 3. The van der Waals surface area contributed by atoms with Crippen molar-refractivity contribution in [2.24, 2.45) is 0 Å². The molecule has 0 spiro atoms. The summed E-state index contributed by atoms with van der Waals surface area (Å²) in [6, 6.07) is 14.4. The van der Waals surface area contributed by atoms with Crippen LogP contribution in [0.1, 0.15) is 18.1 Å². The van der Waals surface area contributed by atoms with Crippen LogP contribution in [0.4, 0.5) is 5.69 Å². The Kier molecular flexibility index (Phi) is 4.67. The number of likely N-dealkylation sites (N-methyl/N-ethyl adjacent to an activating group) is 1. The Bertz CT molecular complexity index is 891. The number of aryl methyl sites for hydroxylation is 1. The molecule has 2 aromatic rings. The summed E-state index contributed by atoms with van der Waals surface area (Å²) < 4.78 is 26.5. The van der Waals surface area contributed by atoms with Crippen LogP contribution in [0.25, 0.3) is 0 Å². The average Bonchev–Trinajstić information content (AvgIpc) is 2.90. The lowest BCUT2D eigenvalue weighted by Crippen LogP contribution is -2.43. The van der Waals surface area contributed by atoms with Gasteiger partial charge in [-0.25, -0.2) is 8.42 Å². The third kappa shape index (κ3) is 3.32. The molecule has 1 amide bonds. The van der Waals surface area contributed by atoms with E-state index in [1.807, 2.05) is 38.1 Å². The van der Waals surface area contributed by atoms with Crippen LogP contribution >= 0.6 is 0 Å². The van der Waals surface area contributed by atoms with Gasteiger partial charge in [-0.15, -0.1) is 0 Å². The van der Waals surface area contributed by atoms with Crippen molar-refractivity contribution >= 4 is 21.6 Å². The molecule has 0 bridgehead atoms. The molecule has 2 aromatic carbocycles. The van der Waals surface area contributed by atoms with Gasteiger partial charge in [0, 0.05) is 18.8 Å². The zero-order valence-corrected chi connectivity index (χ0v) is 15.5. The van der Waals surface area contributed by atoms with Crippen molar-refractivity contribution in [2.45, 2.75) is 31.2 Å². The van der Waals surface area contributed by atoms with Gasteiger partial charge in [-0.1, -0.05) is 35.9 Å². The highest BCUT2D eigenvalue weighted by Gasteiger charge is 2.33. The summed E-state index contributed by atoms with van der Waals surface area (Å²) >= 11 is 0. The zero-order valence-electron chi connectivity index (χ0n) is 14.6. The molecule has 0 saturated heterocycles. The van der Waals surface area contributed by atoms with Crippen LogP contribution in [0.5, 0.6) is 0 Å². The number of anilines is 1. The highest BCUT2D eigenvalue weighted by Crippen LogP contribution is 2.32. The van der Waals surface area contributed by atoms with Gasteiger partial charge in [-0.3, -0.25) is 4.79 Å². The summed E-state index contributed by atoms with van der Waals surface area (Å²) in [6.45, 7) is 3.69. The Hall–Kier alpha value is -2.18. The van der Waals surface area contributed by atoms with Crippen molar-refractivity contribution in [3.8, 4) is 0 Å². The molecule has 0 fully saturated rings. The zero-order chi connectivity index (χ0) is 18.2. The molecule has 25 heavy (non-hydrogen) atoms. The first-order valence-corrected chi connectivity index (χ1v) is 9.67. The van der Waals surface area contributed by atoms with Gasteiger partial charge in [-0.05, 0) is 44.0 Å². The first-order valence-electron chi connectivity index (χ1n) is 8.23. The van der Waals surface area contributed by atoms with E-state index in [0.717, 1.165) is 27.5 Å². The molecule has 0 N–H and O–H groups in total. The molecule has 5 nitrogen and oxygen atoms in total. The largest absolute Gasteiger partial charge is 0.308 e. The molecule has 132 valence electrons. The lowest BCUT2D eigenvalue weighted by Gasteiger charge is -2.25. The fraction of sp³-hybridized carbons (Fsp3) is 0.316. The molecule has 6 heteroatoms. The minimum atomic E-state index is -3.69. The maximum Gasteiger partial charge on any atom is 0.243 e. The highest BCUT2D eigenvalue weighted by atomic mass is 32.2. The second kappa shape index (κ2) is 6.61. The Morgan fingerprint density at radius 1 is 1.16 bits per heavy atom. The molecule has 1 unspecified atom stereocenters. The molecular formula is C19H22N2O3S. The number of amides is 1. The molecular weight excluding hydrogens is 336 g/mol. The maximum atomic E-state index is 12.8. The van der Waals surface area contributed by atoms with E-state index in [0.29, 0.717) is 0 Å². The number of benzene rings is 2. The third-order valence-corrected chi connectivity index (χ3v) is 6.38. The van der Waals surface area contributed by atoms with Crippen molar-refractivity contribution in [1.29, 1.82) is 0 Å². The molecule has 1 aliphatic heterocycles. The summed E-state index contributed by atoms with van der Waals surface area (Å²) in [5.74, 6) is -0.212. The van der Waals surface area contributed by atoms with Gasteiger partial charge in [0.05, 0.1) is 11.4 Å². The van der Waals surface area contributed by atoms with Gasteiger partial charge in [0.15, 0.2) is 0 Å². The Balaban J connectivity index is 1.80. The molecule has 1 atom stereocenters. The third-order valence-electron chi connectivity index (χ3n) is 4.56. The average molecular weight is 358 g/mol. The van der Waals surface area contributed by atoms with E-state index in [9.17, 15) is 13.2 Å². The topological polar surface area (TPSA) is 57.7 Å². The number of fused-ring (bicyclic) bond motifs is 1. The van der Waals surface area contributed by atoms with Gasteiger partial charge in [0.2, 0.25) is 15.9 Å². The van der Waals surface area contributed by atoms with Gasteiger partial charge in [-0.2, -0.15) is 4.31 Å². The van der Waals surface area contributed by atoms with E-state index in [-0.39, 0.29) is 23.4 Å². The van der Waals surface area contributed by atoms with Crippen LogP contribution in [0.2, 0.25) is 0 Å². The van der Waals surface area contributed by atoms with E-state index in [2.05, 4.69) is 0 Å². The lowest BCUT2D eigenvalue weighted by atomic mass is 10.1. The number of para-hydroxylation sites is 1. The Morgan fingerprint density at radius 3 is 2.48 bits per heavy atom. The number of nitrogens with zero attached hydrogens (tertiary/aromatic N) is 2. The monoisotopic (exact) mass is 358 g/mol. The van der Waals surface area contributed by atoms with Crippen molar-refractivity contribution in [2.75, 3.05) is 18.5 Å². The molecule has 1 aliphatic rings. The summed E-state index contributed by atoms with van der Waals surface area (Å²) in [7, 11) is -2.25. The predicted octanol–water partition coefficient (Wildman–Crippen LogP) is 2.59. The van der Waals surface area contributed by atoms with Gasteiger partial charge < -0.3 is 4.90 Å². The number of carbonyl (C=O) groups excluding carboxylic acids is 1. The minimum absolute atomic E-state index is 0.0281. The van der Waals surface area contributed by atoms with E-state index in [1.165, 1.54) is 7.05 Å². The van der Waals surface area contributed by atoms with E-state index < -0.39 is 10.0 Å². The predicted molar refractivity (Wildman–Crippen MR) is 98.1 cm³/mol. The van der Waals surface area contributed by atoms with E-state index >= 15 is 0 Å². The van der Waals surface area contributed by atoms with Gasteiger partial charge in [0.1, 0.15) is 0 Å². The van der Waals surface area contributed by atoms with Crippen LogP contribution in [0.3, 0.4) is 0 Å². The Morgan fingerprint density at radius 2 is 1.80 bits per heavy atom. The second-order valence-corrected chi connectivity index (χ2v) is 8.56. The van der Waals surface area contributed by atoms with Crippen LogP contribution in [0, 0.1) is 6.92 Å². The summed E-state index contributed by atoms with van der Waals surface area (Å²) in [5, 5.41) is 0. The smallest absolute Gasteiger partial charge is 0.243 e. The van der Waals surface area contributed by atoms with E-state index in [4.69, 9.17) is 0 Å². The van der Waals surface area contributed by atoms with Gasteiger partial charge >= 0.3 is 0 Å². The van der Waals surface area contributed by atoms with Crippen LogP contribution < -0.4 is 4.90 Å². The first-order chi connectivity index (χ1) is 11.8. The molecule has 0 saturated carbocycles. The van der Waals surface area contributed by atoms with Crippen molar-refractivity contribution in [3.05, 3.63) is 59.7 Å². The van der Waals surface area contributed by atoms with Crippen molar-refractivity contribution in [3.63, 3.8) is 0 Å². The fourth-order valence-electron chi connectivity index (χ4n) is 3.19. The SMILES string of the molecule is Cc1ccc(S(=O)(=O)N(C)CC(=O)N2c3ccccc3CC2C)cc1. The first kappa shape index (κ1) is 17.6. The van der Waals surface area contributed by atoms with Gasteiger partial charge in [0.25, 0.3) is 0 Å². The normalized spacial score (nSPS) is 17.0. The molecule has 0 radical (unpaired) electrons. The summed E-state index contributed by atoms with van der Waals surface area (Å²) in [6.07, 6.45) is 0.788. The van der Waals surface area contributed by atoms with Crippen LogP contribution in [-0.2, 0) is 21.2 Å². The van der Waals surface area contributed by atoms with Crippen molar-refractivity contribution in [1.82, 2.24) is 4.31 Å². The standard InChI is InChI=1S/C19H22N2O3S/c1-14-8-10-17(11-9-14)25(23,24)20(3)13-19(22)21-15(2)12-16-6-4-5-7-18(16)21/h4-11,15H,12-13H2,1-3H3. The maximum absolute atomic E-state index is 12.8. The highest BCUT2D eigenvalue weighted by molar-refractivity contribution is 7.89. The number of rotatable bonds is 4. The van der Waals surface area contributed by atoms with Crippen molar-refractivity contribution < 1.29 is 13.2 Å². The number of sulfonamides is 1. The molecule has 0 aliphatic carbocycles. The molecule has 3 rings (SSSR count). The fourth-order valence-corrected chi connectivity index (χ4v) is 4.31. The lowest BCUT2D eigenvalue weighted by molar-refractivity contribution is -0.118. The quantitative estimate of drug-likeness (QED) is 0.844. The second-order valence-electron chi connectivity index (χ2n) is 6.52. The summed E-state index contributed by atoms with van der Waals surface area (Å²) in [4.78, 5) is 14.7. The van der Waals surface area contributed by atoms with E-state index in [1.54, 1.807) is 29.2 Å². The number of carbonyl (C=O) groups is 1. The number of hydrogen-bond donors (Lipinski definition) is 0. The minimum Gasteiger partial charge on any atom is -0.308 e. The molecule has 0 aromatic heterocycles. The summed E-state index contributed by atoms with van der Waals surface area (Å²) in [5.41, 5.74) is 2.98. The van der Waals surface area contributed by atoms with Crippen LogP contribution in [0.15, 0.2) is 53.4 Å². The Labute approximate surface area is 148 Å². The molecule has 1 heterocycles. The van der Waals surface area contributed by atoms with Crippen LogP contribution in [-0.4, -0.2) is 38.3 Å².